The summed E-state index contributed by atoms with van der Waals surface area (Å²) in [6.07, 6.45) is 0. The summed E-state index contributed by atoms with van der Waals surface area (Å²) in [5.74, 6) is -0.111. The van der Waals surface area contributed by atoms with Gasteiger partial charge in [0.15, 0.2) is 0 Å². The van der Waals surface area contributed by atoms with E-state index in [0.717, 1.165) is 30.9 Å². The second-order valence-electron chi connectivity index (χ2n) is 7.13. The highest BCUT2D eigenvalue weighted by molar-refractivity contribution is 5.55. The lowest BCUT2D eigenvalue weighted by Gasteiger charge is -2.40. The van der Waals surface area contributed by atoms with Crippen molar-refractivity contribution in [2.75, 3.05) is 31.6 Å². The van der Waals surface area contributed by atoms with E-state index in [2.05, 4.69) is 49.9 Å². The maximum absolute atomic E-state index is 14.4. The standard InChI is InChI=1S/C17H28FN3/c1-13-12-21(10-9-20(13)5)16-14(7-6-8-15(16)18)11-19-17(2,3)4/h6-8,13,19H,9-12H2,1-5H3. The Kier molecular flexibility index (Phi) is 4.89. The summed E-state index contributed by atoms with van der Waals surface area (Å²) in [6.45, 7) is 12.0. The lowest BCUT2D eigenvalue weighted by atomic mass is 10.1. The number of benzene rings is 1. The van der Waals surface area contributed by atoms with Crippen LogP contribution in [0.4, 0.5) is 10.1 Å². The molecule has 21 heavy (non-hydrogen) atoms. The number of halogens is 1. The third-order valence-electron chi connectivity index (χ3n) is 4.16. The van der Waals surface area contributed by atoms with Crippen molar-refractivity contribution in [1.29, 1.82) is 0 Å². The van der Waals surface area contributed by atoms with Gasteiger partial charge in [-0.15, -0.1) is 0 Å². The van der Waals surface area contributed by atoms with E-state index in [0.29, 0.717) is 12.6 Å². The molecule has 2 rings (SSSR count). The second-order valence-corrected chi connectivity index (χ2v) is 7.13. The first-order valence-corrected chi connectivity index (χ1v) is 7.75. The number of nitrogens with one attached hydrogen (secondary N) is 1. The van der Waals surface area contributed by atoms with E-state index in [1.54, 1.807) is 12.1 Å². The first kappa shape index (κ1) is 16.2. The molecule has 0 saturated carbocycles. The Morgan fingerprint density at radius 3 is 2.62 bits per heavy atom. The molecule has 1 aliphatic rings. The van der Waals surface area contributed by atoms with Crippen LogP contribution in [0.5, 0.6) is 0 Å². The zero-order chi connectivity index (χ0) is 15.6. The van der Waals surface area contributed by atoms with E-state index in [4.69, 9.17) is 0 Å². The fourth-order valence-corrected chi connectivity index (χ4v) is 2.67. The zero-order valence-electron chi connectivity index (χ0n) is 13.9. The third kappa shape index (κ3) is 4.17. The normalized spacial score (nSPS) is 20.9. The van der Waals surface area contributed by atoms with Crippen LogP contribution in [0.1, 0.15) is 33.3 Å². The minimum Gasteiger partial charge on any atom is -0.366 e. The molecule has 1 saturated heterocycles. The molecule has 0 radical (unpaired) electrons. The maximum Gasteiger partial charge on any atom is 0.146 e. The van der Waals surface area contributed by atoms with Gasteiger partial charge < -0.3 is 15.1 Å². The number of anilines is 1. The van der Waals surface area contributed by atoms with Crippen molar-refractivity contribution in [3.8, 4) is 0 Å². The highest BCUT2D eigenvalue weighted by Crippen LogP contribution is 2.27. The van der Waals surface area contributed by atoms with Crippen LogP contribution in [0.2, 0.25) is 0 Å². The van der Waals surface area contributed by atoms with Gasteiger partial charge in [-0.05, 0) is 46.4 Å². The van der Waals surface area contributed by atoms with Crippen molar-refractivity contribution >= 4 is 5.69 Å². The van der Waals surface area contributed by atoms with Crippen LogP contribution >= 0.6 is 0 Å². The Hall–Kier alpha value is -1.13. The van der Waals surface area contributed by atoms with Gasteiger partial charge in [0.25, 0.3) is 0 Å². The predicted molar refractivity (Wildman–Crippen MR) is 87.3 cm³/mol. The molecule has 0 bridgehead atoms. The highest BCUT2D eigenvalue weighted by atomic mass is 19.1. The van der Waals surface area contributed by atoms with Crippen molar-refractivity contribution in [1.82, 2.24) is 10.2 Å². The van der Waals surface area contributed by atoms with Gasteiger partial charge in [-0.25, -0.2) is 4.39 Å². The molecule has 3 nitrogen and oxygen atoms in total. The molecule has 0 spiro atoms. The lowest BCUT2D eigenvalue weighted by molar-refractivity contribution is 0.233. The molecule has 1 heterocycles. The van der Waals surface area contributed by atoms with E-state index >= 15 is 0 Å². The second kappa shape index (κ2) is 6.32. The van der Waals surface area contributed by atoms with Crippen molar-refractivity contribution in [2.45, 2.75) is 45.8 Å². The van der Waals surface area contributed by atoms with Crippen LogP contribution in [-0.4, -0.2) is 43.2 Å². The molecule has 0 aromatic heterocycles. The highest BCUT2D eigenvalue weighted by Gasteiger charge is 2.24. The number of hydrogen-bond donors (Lipinski definition) is 1. The summed E-state index contributed by atoms with van der Waals surface area (Å²) < 4.78 is 14.4. The Balaban J connectivity index is 2.21. The van der Waals surface area contributed by atoms with Gasteiger partial charge in [0.05, 0.1) is 5.69 Å². The fourth-order valence-electron chi connectivity index (χ4n) is 2.67. The number of rotatable bonds is 3. The van der Waals surface area contributed by atoms with Gasteiger partial charge in [0, 0.05) is 37.8 Å². The molecule has 4 heteroatoms. The van der Waals surface area contributed by atoms with Crippen molar-refractivity contribution < 1.29 is 4.39 Å². The Bertz CT molecular complexity index is 481. The Labute approximate surface area is 128 Å². The Morgan fingerprint density at radius 2 is 2.00 bits per heavy atom. The van der Waals surface area contributed by atoms with E-state index < -0.39 is 0 Å². The number of hydrogen-bond acceptors (Lipinski definition) is 3. The smallest absolute Gasteiger partial charge is 0.146 e. The molecular weight excluding hydrogens is 265 g/mol. The maximum atomic E-state index is 14.4. The van der Waals surface area contributed by atoms with E-state index in [9.17, 15) is 4.39 Å². The van der Waals surface area contributed by atoms with Gasteiger partial charge in [0.2, 0.25) is 0 Å². The molecule has 118 valence electrons. The number of piperazine rings is 1. The van der Waals surface area contributed by atoms with E-state index in [1.807, 2.05) is 6.07 Å². The van der Waals surface area contributed by atoms with Crippen molar-refractivity contribution in [3.05, 3.63) is 29.6 Å². The first-order chi connectivity index (χ1) is 9.78. The first-order valence-electron chi connectivity index (χ1n) is 7.75. The SMILES string of the molecule is CC1CN(c2c(F)cccc2CNC(C)(C)C)CCN1C. The van der Waals surface area contributed by atoms with Crippen LogP contribution in [0, 0.1) is 5.82 Å². The van der Waals surface area contributed by atoms with Crippen LogP contribution in [0.15, 0.2) is 18.2 Å². The van der Waals surface area contributed by atoms with Crippen molar-refractivity contribution in [3.63, 3.8) is 0 Å². The summed E-state index contributed by atoms with van der Waals surface area (Å²) in [6, 6.07) is 5.85. The van der Waals surface area contributed by atoms with Crippen molar-refractivity contribution in [2.24, 2.45) is 0 Å². The molecule has 1 atom stereocenters. The zero-order valence-corrected chi connectivity index (χ0v) is 13.9. The molecule has 0 amide bonds. The molecule has 1 fully saturated rings. The topological polar surface area (TPSA) is 18.5 Å². The summed E-state index contributed by atoms with van der Waals surface area (Å²) >= 11 is 0. The minimum absolute atomic E-state index is 0.0268. The average Bonchev–Trinajstić information content (AvgIpc) is 2.39. The minimum atomic E-state index is -0.111. The van der Waals surface area contributed by atoms with E-state index in [-0.39, 0.29) is 11.4 Å². The molecule has 0 aliphatic carbocycles. The molecule has 1 unspecified atom stereocenters. The molecule has 1 aliphatic heterocycles. The van der Waals surface area contributed by atoms with Gasteiger partial charge in [-0.1, -0.05) is 12.1 Å². The predicted octanol–water partition coefficient (Wildman–Crippen LogP) is 2.85. The number of para-hydroxylation sites is 1. The monoisotopic (exact) mass is 293 g/mol. The molecule has 1 aromatic rings. The third-order valence-corrected chi connectivity index (χ3v) is 4.16. The summed E-state index contributed by atoms with van der Waals surface area (Å²) in [5.41, 5.74) is 1.84. The van der Waals surface area contributed by atoms with Gasteiger partial charge in [-0.2, -0.15) is 0 Å². The molecule has 1 N–H and O–H groups in total. The summed E-state index contributed by atoms with van der Waals surface area (Å²) in [7, 11) is 2.13. The van der Waals surface area contributed by atoms with Gasteiger partial charge in [0.1, 0.15) is 5.82 Å². The quantitative estimate of drug-likeness (QED) is 0.924. The van der Waals surface area contributed by atoms with Gasteiger partial charge >= 0.3 is 0 Å². The molecular formula is C17H28FN3. The number of likely N-dealkylation sites (N-methyl/N-ethyl adjacent to an activating group) is 1. The number of nitrogens with zero attached hydrogens (tertiary/aromatic N) is 2. The van der Waals surface area contributed by atoms with Crippen LogP contribution in [-0.2, 0) is 6.54 Å². The van der Waals surface area contributed by atoms with E-state index in [1.165, 1.54) is 0 Å². The summed E-state index contributed by atoms with van der Waals surface area (Å²) in [4.78, 5) is 4.52. The average molecular weight is 293 g/mol. The summed E-state index contributed by atoms with van der Waals surface area (Å²) in [5, 5.41) is 3.46. The largest absolute Gasteiger partial charge is 0.366 e. The van der Waals surface area contributed by atoms with Crippen LogP contribution in [0.25, 0.3) is 0 Å². The fraction of sp³-hybridized carbons (Fsp3) is 0.647. The van der Waals surface area contributed by atoms with Crippen LogP contribution in [0.3, 0.4) is 0 Å². The Morgan fingerprint density at radius 1 is 1.29 bits per heavy atom. The molecule has 1 aromatic carbocycles. The van der Waals surface area contributed by atoms with Gasteiger partial charge in [-0.3, -0.25) is 0 Å². The van der Waals surface area contributed by atoms with Crippen LogP contribution < -0.4 is 10.2 Å². The lowest BCUT2D eigenvalue weighted by Crippen LogP contribution is -2.50.